The summed E-state index contributed by atoms with van der Waals surface area (Å²) in [4.78, 5) is 0.684. The van der Waals surface area contributed by atoms with Crippen molar-refractivity contribution in [3.05, 3.63) is 95.1 Å². The fourth-order valence-electron chi connectivity index (χ4n) is 2.65. The van der Waals surface area contributed by atoms with E-state index in [1.54, 1.807) is 7.11 Å². The number of aryl methyl sites for hydroxylation is 1. The van der Waals surface area contributed by atoms with Gasteiger partial charge in [0.2, 0.25) is 0 Å². The second-order valence-electron chi connectivity index (χ2n) is 6.31. The molecule has 0 amide bonds. The average Bonchev–Trinajstić information content (AvgIpc) is 2.72. The maximum absolute atomic E-state index is 5.90. The largest absolute Gasteiger partial charge is 0.493 e. The Morgan fingerprint density at radius 3 is 2.33 bits per heavy atom. The SMILES string of the molecule is COc1cc(C(=S)NCc2ccc(C)cc2)ccc1OCc1ccccc1. The fraction of sp³-hybridized carbons (Fsp3) is 0.174. The molecule has 3 aromatic rings. The van der Waals surface area contributed by atoms with Gasteiger partial charge in [0.25, 0.3) is 0 Å². The molecule has 4 heteroatoms. The molecule has 0 saturated heterocycles. The second kappa shape index (κ2) is 9.19. The minimum atomic E-state index is 0.493. The van der Waals surface area contributed by atoms with Crippen LogP contribution in [-0.2, 0) is 13.2 Å². The van der Waals surface area contributed by atoms with E-state index in [2.05, 4.69) is 36.5 Å². The summed E-state index contributed by atoms with van der Waals surface area (Å²) in [5.41, 5.74) is 4.45. The van der Waals surface area contributed by atoms with Crippen molar-refractivity contribution in [3.63, 3.8) is 0 Å². The highest BCUT2D eigenvalue weighted by molar-refractivity contribution is 7.80. The molecule has 1 N–H and O–H groups in total. The molecule has 0 aromatic heterocycles. The molecule has 0 heterocycles. The highest BCUT2D eigenvalue weighted by atomic mass is 32.1. The Morgan fingerprint density at radius 1 is 0.889 bits per heavy atom. The van der Waals surface area contributed by atoms with Crippen LogP contribution in [0.25, 0.3) is 0 Å². The lowest BCUT2D eigenvalue weighted by molar-refractivity contribution is 0.284. The highest BCUT2D eigenvalue weighted by Crippen LogP contribution is 2.29. The molecule has 0 fully saturated rings. The number of hydrogen-bond donors (Lipinski definition) is 1. The standard InChI is InChI=1S/C23H23NO2S/c1-17-8-10-18(11-9-17)15-24-23(27)20-12-13-21(22(14-20)25-2)26-16-19-6-4-3-5-7-19/h3-14H,15-16H2,1-2H3,(H,24,27). The lowest BCUT2D eigenvalue weighted by Crippen LogP contribution is -2.21. The molecule has 0 radical (unpaired) electrons. The van der Waals surface area contributed by atoms with E-state index < -0.39 is 0 Å². The molecule has 3 aromatic carbocycles. The van der Waals surface area contributed by atoms with E-state index in [-0.39, 0.29) is 0 Å². The van der Waals surface area contributed by atoms with Gasteiger partial charge < -0.3 is 14.8 Å². The van der Waals surface area contributed by atoms with E-state index in [0.717, 1.165) is 11.1 Å². The number of ether oxygens (including phenoxy) is 2. The molecular weight excluding hydrogens is 354 g/mol. The molecule has 0 unspecified atom stereocenters. The van der Waals surface area contributed by atoms with Gasteiger partial charge in [-0.25, -0.2) is 0 Å². The van der Waals surface area contributed by atoms with Crippen molar-refractivity contribution in [2.75, 3.05) is 7.11 Å². The number of rotatable bonds is 7. The predicted molar refractivity (Wildman–Crippen MR) is 113 cm³/mol. The zero-order chi connectivity index (χ0) is 19.1. The summed E-state index contributed by atoms with van der Waals surface area (Å²) < 4.78 is 11.4. The van der Waals surface area contributed by atoms with Gasteiger partial charge in [-0.1, -0.05) is 72.4 Å². The molecule has 0 atom stereocenters. The first-order valence-corrected chi connectivity index (χ1v) is 9.25. The van der Waals surface area contributed by atoms with Gasteiger partial charge in [0.1, 0.15) is 11.6 Å². The molecule has 0 bridgehead atoms. The first-order valence-electron chi connectivity index (χ1n) is 8.84. The molecule has 138 valence electrons. The van der Waals surface area contributed by atoms with Crippen LogP contribution in [0.3, 0.4) is 0 Å². The molecule has 0 saturated carbocycles. The van der Waals surface area contributed by atoms with Crippen LogP contribution < -0.4 is 14.8 Å². The van der Waals surface area contributed by atoms with Gasteiger partial charge >= 0.3 is 0 Å². The first-order chi connectivity index (χ1) is 13.2. The van der Waals surface area contributed by atoms with E-state index in [0.29, 0.717) is 29.6 Å². The van der Waals surface area contributed by atoms with Crippen LogP contribution in [0.15, 0.2) is 72.8 Å². The van der Waals surface area contributed by atoms with E-state index in [1.165, 1.54) is 11.1 Å². The van der Waals surface area contributed by atoms with Crippen molar-refractivity contribution in [2.24, 2.45) is 0 Å². The van der Waals surface area contributed by atoms with Crippen LogP contribution in [0.5, 0.6) is 11.5 Å². The second-order valence-corrected chi connectivity index (χ2v) is 6.72. The first kappa shape index (κ1) is 18.9. The lowest BCUT2D eigenvalue weighted by Gasteiger charge is -2.14. The summed E-state index contributed by atoms with van der Waals surface area (Å²) in [6, 6.07) is 24.2. The summed E-state index contributed by atoms with van der Waals surface area (Å²) in [6.07, 6.45) is 0. The Balaban J connectivity index is 1.63. The zero-order valence-corrected chi connectivity index (χ0v) is 16.4. The molecule has 0 aliphatic carbocycles. The third-order valence-corrected chi connectivity index (χ3v) is 4.62. The van der Waals surface area contributed by atoms with E-state index in [1.807, 2.05) is 48.5 Å². The molecule has 0 spiro atoms. The Hall–Kier alpha value is -2.85. The van der Waals surface area contributed by atoms with Crippen LogP contribution in [0.2, 0.25) is 0 Å². The van der Waals surface area contributed by atoms with Crippen LogP contribution in [0, 0.1) is 6.92 Å². The average molecular weight is 378 g/mol. The molecule has 3 nitrogen and oxygen atoms in total. The smallest absolute Gasteiger partial charge is 0.161 e. The number of nitrogens with one attached hydrogen (secondary N) is 1. The Labute approximate surface area is 166 Å². The maximum atomic E-state index is 5.90. The van der Waals surface area contributed by atoms with E-state index in [4.69, 9.17) is 21.7 Å². The normalized spacial score (nSPS) is 10.3. The molecule has 0 aliphatic heterocycles. The number of benzene rings is 3. The fourth-order valence-corrected chi connectivity index (χ4v) is 2.85. The summed E-state index contributed by atoms with van der Waals surface area (Å²) >= 11 is 5.53. The topological polar surface area (TPSA) is 30.5 Å². The Bertz CT molecular complexity index is 892. The molecule has 0 aliphatic rings. The number of hydrogen-bond acceptors (Lipinski definition) is 3. The minimum Gasteiger partial charge on any atom is -0.493 e. The molecule has 27 heavy (non-hydrogen) atoms. The zero-order valence-electron chi connectivity index (χ0n) is 15.6. The van der Waals surface area contributed by atoms with Crippen molar-refractivity contribution in [3.8, 4) is 11.5 Å². The predicted octanol–water partition coefficient (Wildman–Crippen LogP) is 5.05. The Morgan fingerprint density at radius 2 is 1.63 bits per heavy atom. The van der Waals surface area contributed by atoms with Gasteiger partial charge in [-0.05, 0) is 36.2 Å². The molecular formula is C23H23NO2S. The number of thiocarbonyl (C=S) groups is 1. The maximum Gasteiger partial charge on any atom is 0.161 e. The van der Waals surface area contributed by atoms with E-state index in [9.17, 15) is 0 Å². The Kier molecular flexibility index (Phi) is 6.44. The third kappa shape index (κ3) is 5.31. The van der Waals surface area contributed by atoms with Gasteiger partial charge in [0.15, 0.2) is 11.5 Å². The summed E-state index contributed by atoms with van der Waals surface area (Å²) in [6.45, 7) is 3.26. The number of methoxy groups -OCH3 is 1. The lowest BCUT2D eigenvalue weighted by atomic mass is 10.1. The van der Waals surface area contributed by atoms with E-state index >= 15 is 0 Å². The van der Waals surface area contributed by atoms with Gasteiger partial charge in [-0.2, -0.15) is 0 Å². The quantitative estimate of drug-likeness (QED) is 0.584. The summed E-state index contributed by atoms with van der Waals surface area (Å²) in [5, 5.41) is 3.30. The van der Waals surface area contributed by atoms with Crippen LogP contribution in [0.1, 0.15) is 22.3 Å². The van der Waals surface area contributed by atoms with Crippen molar-refractivity contribution in [1.82, 2.24) is 5.32 Å². The van der Waals surface area contributed by atoms with Crippen molar-refractivity contribution >= 4 is 17.2 Å². The van der Waals surface area contributed by atoms with Gasteiger partial charge in [-0.3, -0.25) is 0 Å². The summed E-state index contributed by atoms with van der Waals surface area (Å²) in [5.74, 6) is 1.37. The third-order valence-electron chi connectivity index (χ3n) is 4.24. The van der Waals surface area contributed by atoms with Gasteiger partial charge in [-0.15, -0.1) is 0 Å². The summed E-state index contributed by atoms with van der Waals surface area (Å²) in [7, 11) is 1.64. The van der Waals surface area contributed by atoms with Crippen molar-refractivity contribution in [2.45, 2.75) is 20.1 Å². The van der Waals surface area contributed by atoms with Crippen LogP contribution in [0.4, 0.5) is 0 Å². The monoisotopic (exact) mass is 377 g/mol. The highest BCUT2D eigenvalue weighted by Gasteiger charge is 2.09. The minimum absolute atomic E-state index is 0.493. The van der Waals surface area contributed by atoms with Gasteiger partial charge in [0.05, 0.1) is 7.11 Å². The van der Waals surface area contributed by atoms with Gasteiger partial charge in [0, 0.05) is 12.1 Å². The van der Waals surface area contributed by atoms with Crippen molar-refractivity contribution in [1.29, 1.82) is 0 Å². The molecule has 3 rings (SSSR count). The van der Waals surface area contributed by atoms with Crippen LogP contribution >= 0.6 is 12.2 Å². The van der Waals surface area contributed by atoms with Crippen molar-refractivity contribution < 1.29 is 9.47 Å². The van der Waals surface area contributed by atoms with Crippen LogP contribution in [-0.4, -0.2) is 12.1 Å².